The van der Waals surface area contributed by atoms with Crippen molar-refractivity contribution >= 4 is 11.8 Å². The second-order valence-corrected chi connectivity index (χ2v) is 8.43. The average molecular weight is 401 g/mol. The number of carbonyl (C=O) groups excluding carboxylic acids is 2. The quantitative estimate of drug-likeness (QED) is 0.762. The number of ether oxygens (including phenoxy) is 2. The van der Waals surface area contributed by atoms with Gasteiger partial charge in [0.15, 0.2) is 0 Å². The molecule has 1 aromatic carbocycles. The highest BCUT2D eigenvalue weighted by molar-refractivity contribution is 5.94. The summed E-state index contributed by atoms with van der Waals surface area (Å²) in [5.74, 6) is 1.09. The Morgan fingerprint density at radius 1 is 0.966 bits per heavy atom. The van der Waals surface area contributed by atoms with E-state index in [9.17, 15) is 9.59 Å². The molecular weight excluding hydrogens is 368 g/mol. The Balaban J connectivity index is 1.28. The molecule has 29 heavy (non-hydrogen) atoms. The molecule has 158 valence electrons. The summed E-state index contributed by atoms with van der Waals surface area (Å²) in [4.78, 5) is 29.6. The van der Waals surface area contributed by atoms with Crippen LogP contribution in [0.4, 0.5) is 0 Å². The smallest absolute Gasteiger partial charge is 0.253 e. The molecule has 0 N–H and O–H groups in total. The molecule has 0 radical (unpaired) electrons. The van der Waals surface area contributed by atoms with Crippen molar-refractivity contribution in [2.75, 3.05) is 39.4 Å². The summed E-state index contributed by atoms with van der Waals surface area (Å²) in [7, 11) is 0. The molecule has 2 amide bonds. The Morgan fingerprint density at radius 3 is 2.48 bits per heavy atom. The van der Waals surface area contributed by atoms with Gasteiger partial charge >= 0.3 is 0 Å². The second-order valence-electron chi connectivity index (χ2n) is 8.43. The minimum absolute atomic E-state index is 0.0245. The van der Waals surface area contributed by atoms with Gasteiger partial charge in [-0.2, -0.15) is 0 Å². The Bertz CT molecular complexity index is 703. The standard InChI is InChI=1S/C23H32N2O4/c26-22(24-11-2-1-3-12-24)18-9-13-25(14-10-18)23(27)19-6-4-7-20(16-19)29-17-21-8-5-15-28-21/h4,6-7,16,18,21H,1-3,5,8-15,17H2. The molecule has 4 rings (SSSR count). The molecule has 1 unspecified atom stereocenters. The zero-order valence-corrected chi connectivity index (χ0v) is 17.2. The molecule has 0 spiro atoms. The van der Waals surface area contributed by atoms with Crippen molar-refractivity contribution in [3.8, 4) is 5.75 Å². The molecule has 1 atom stereocenters. The summed E-state index contributed by atoms with van der Waals surface area (Å²) in [5.41, 5.74) is 0.649. The lowest BCUT2D eigenvalue weighted by molar-refractivity contribution is -0.137. The molecule has 3 fully saturated rings. The highest BCUT2D eigenvalue weighted by Gasteiger charge is 2.31. The predicted molar refractivity (Wildman–Crippen MR) is 110 cm³/mol. The van der Waals surface area contributed by atoms with E-state index in [0.717, 1.165) is 58.2 Å². The van der Waals surface area contributed by atoms with E-state index in [1.54, 1.807) is 0 Å². The van der Waals surface area contributed by atoms with Crippen LogP contribution in [0, 0.1) is 5.92 Å². The Morgan fingerprint density at radius 2 is 1.76 bits per heavy atom. The molecule has 3 heterocycles. The molecule has 6 heteroatoms. The maximum atomic E-state index is 12.9. The summed E-state index contributed by atoms with van der Waals surface area (Å²) in [6.07, 6.45) is 7.26. The van der Waals surface area contributed by atoms with E-state index < -0.39 is 0 Å². The third-order valence-electron chi connectivity index (χ3n) is 6.34. The van der Waals surface area contributed by atoms with E-state index in [1.807, 2.05) is 34.1 Å². The van der Waals surface area contributed by atoms with Gasteiger partial charge in [-0.1, -0.05) is 6.07 Å². The van der Waals surface area contributed by atoms with Crippen LogP contribution in [-0.2, 0) is 9.53 Å². The third kappa shape index (κ3) is 5.10. The summed E-state index contributed by atoms with van der Waals surface area (Å²) >= 11 is 0. The third-order valence-corrected chi connectivity index (χ3v) is 6.34. The summed E-state index contributed by atoms with van der Waals surface area (Å²) in [5, 5.41) is 0. The minimum Gasteiger partial charge on any atom is -0.491 e. The molecule has 0 saturated carbocycles. The molecule has 3 saturated heterocycles. The number of amides is 2. The van der Waals surface area contributed by atoms with Crippen LogP contribution in [0.3, 0.4) is 0 Å². The van der Waals surface area contributed by atoms with Gasteiger partial charge in [0.2, 0.25) is 5.91 Å². The number of hydrogen-bond acceptors (Lipinski definition) is 4. The SMILES string of the molecule is O=C(c1cccc(OCC2CCCO2)c1)N1CCC(C(=O)N2CCCCC2)CC1. The zero-order chi connectivity index (χ0) is 20.1. The first kappa shape index (κ1) is 20.2. The number of rotatable bonds is 5. The topological polar surface area (TPSA) is 59.1 Å². The number of carbonyl (C=O) groups is 2. The lowest BCUT2D eigenvalue weighted by Crippen LogP contribution is -2.45. The first-order valence-electron chi connectivity index (χ1n) is 11.1. The van der Waals surface area contributed by atoms with Crippen LogP contribution in [0.25, 0.3) is 0 Å². The normalized spacial score (nSPS) is 23.2. The van der Waals surface area contributed by atoms with Gasteiger partial charge in [-0.3, -0.25) is 9.59 Å². The average Bonchev–Trinajstić information content (AvgIpc) is 3.31. The van der Waals surface area contributed by atoms with Gasteiger partial charge in [0.25, 0.3) is 5.91 Å². The summed E-state index contributed by atoms with van der Waals surface area (Å²) in [6.45, 7) is 4.42. The van der Waals surface area contributed by atoms with Crippen molar-refractivity contribution in [3.05, 3.63) is 29.8 Å². The summed E-state index contributed by atoms with van der Waals surface area (Å²) < 4.78 is 11.4. The number of piperidine rings is 2. The first-order valence-corrected chi connectivity index (χ1v) is 11.1. The lowest BCUT2D eigenvalue weighted by atomic mass is 9.94. The Hall–Kier alpha value is -2.08. The molecule has 0 aliphatic carbocycles. The number of benzene rings is 1. The lowest BCUT2D eigenvalue weighted by Gasteiger charge is -2.35. The zero-order valence-electron chi connectivity index (χ0n) is 17.2. The molecule has 0 aromatic heterocycles. The van der Waals surface area contributed by atoms with Gasteiger partial charge in [0.05, 0.1) is 6.10 Å². The fraction of sp³-hybridized carbons (Fsp3) is 0.652. The van der Waals surface area contributed by atoms with Crippen molar-refractivity contribution in [3.63, 3.8) is 0 Å². The fourth-order valence-electron chi connectivity index (χ4n) is 4.57. The molecule has 6 nitrogen and oxygen atoms in total. The van der Waals surface area contributed by atoms with Gasteiger partial charge in [0.1, 0.15) is 12.4 Å². The van der Waals surface area contributed by atoms with Crippen molar-refractivity contribution in [2.45, 2.75) is 51.0 Å². The number of hydrogen-bond donors (Lipinski definition) is 0. The predicted octanol–water partition coefficient (Wildman–Crippen LogP) is 3.11. The van der Waals surface area contributed by atoms with Gasteiger partial charge in [-0.25, -0.2) is 0 Å². The van der Waals surface area contributed by atoms with Crippen LogP contribution in [0.2, 0.25) is 0 Å². The van der Waals surface area contributed by atoms with Crippen LogP contribution in [0.5, 0.6) is 5.75 Å². The van der Waals surface area contributed by atoms with Gasteiger partial charge < -0.3 is 19.3 Å². The molecule has 1 aromatic rings. The van der Waals surface area contributed by atoms with E-state index in [2.05, 4.69) is 0 Å². The van der Waals surface area contributed by atoms with E-state index >= 15 is 0 Å². The summed E-state index contributed by atoms with van der Waals surface area (Å²) in [6, 6.07) is 7.41. The first-order chi connectivity index (χ1) is 14.2. The van der Waals surface area contributed by atoms with Crippen LogP contribution in [0.1, 0.15) is 55.3 Å². The van der Waals surface area contributed by atoms with Crippen LogP contribution in [0.15, 0.2) is 24.3 Å². The van der Waals surface area contributed by atoms with E-state index in [-0.39, 0.29) is 17.9 Å². The molecular formula is C23H32N2O4. The van der Waals surface area contributed by atoms with Crippen molar-refractivity contribution < 1.29 is 19.1 Å². The van der Waals surface area contributed by atoms with Crippen molar-refractivity contribution in [1.29, 1.82) is 0 Å². The van der Waals surface area contributed by atoms with Gasteiger partial charge in [-0.05, 0) is 63.1 Å². The molecule has 3 aliphatic rings. The van der Waals surface area contributed by atoms with Gasteiger partial charge in [0, 0.05) is 44.3 Å². The minimum atomic E-state index is 0.0245. The van der Waals surface area contributed by atoms with Crippen molar-refractivity contribution in [2.24, 2.45) is 5.92 Å². The molecule has 0 bridgehead atoms. The maximum absolute atomic E-state index is 12.9. The fourth-order valence-corrected chi connectivity index (χ4v) is 4.57. The van der Waals surface area contributed by atoms with Crippen LogP contribution in [-0.4, -0.2) is 67.1 Å². The van der Waals surface area contributed by atoms with Gasteiger partial charge in [-0.15, -0.1) is 0 Å². The van der Waals surface area contributed by atoms with E-state index in [4.69, 9.17) is 9.47 Å². The number of likely N-dealkylation sites (tertiary alicyclic amines) is 2. The highest BCUT2D eigenvalue weighted by Crippen LogP contribution is 2.24. The van der Waals surface area contributed by atoms with Crippen molar-refractivity contribution in [1.82, 2.24) is 9.80 Å². The Kier molecular flexibility index (Phi) is 6.70. The Labute approximate surface area is 173 Å². The number of nitrogens with zero attached hydrogens (tertiary/aromatic N) is 2. The monoisotopic (exact) mass is 400 g/mol. The second kappa shape index (κ2) is 9.61. The van der Waals surface area contributed by atoms with E-state index in [0.29, 0.717) is 36.9 Å². The highest BCUT2D eigenvalue weighted by atomic mass is 16.5. The molecule has 3 aliphatic heterocycles. The van der Waals surface area contributed by atoms with Crippen LogP contribution < -0.4 is 4.74 Å². The van der Waals surface area contributed by atoms with Crippen LogP contribution >= 0.6 is 0 Å². The largest absolute Gasteiger partial charge is 0.491 e. The maximum Gasteiger partial charge on any atom is 0.253 e. The van der Waals surface area contributed by atoms with E-state index in [1.165, 1.54) is 6.42 Å².